The van der Waals surface area contributed by atoms with Crippen molar-refractivity contribution in [2.45, 2.75) is 50.0 Å². The lowest BCUT2D eigenvalue weighted by Crippen LogP contribution is -2.49. The predicted octanol–water partition coefficient (Wildman–Crippen LogP) is 2.64. The van der Waals surface area contributed by atoms with Gasteiger partial charge >= 0.3 is 0 Å². The van der Waals surface area contributed by atoms with E-state index >= 15 is 0 Å². The molecule has 18 heavy (non-hydrogen) atoms. The Hall–Kier alpha value is -1.22. The number of nitrogens with zero attached hydrogens (tertiary/aromatic N) is 1. The van der Waals surface area contributed by atoms with Crippen molar-refractivity contribution < 1.29 is 9.53 Å². The van der Waals surface area contributed by atoms with Crippen molar-refractivity contribution in [1.82, 2.24) is 4.98 Å². The van der Waals surface area contributed by atoms with Gasteiger partial charge in [0.1, 0.15) is 5.60 Å². The normalized spacial score (nSPS) is 25.1. The van der Waals surface area contributed by atoms with Crippen molar-refractivity contribution in [3.05, 3.63) is 29.6 Å². The lowest BCUT2D eigenvalue weighted by Gasteiger charge is -2.41. The smallest absolute Gasteiger partial charge is 0.173 e. The van der Waals surface area contributed by atoms with E-state index in [1.165, 1.54) is 5.56 Å². The average Bonchev–Trinajstić information content (AvgIpc) is 2.37. The number of pyridine rings is 1. The van der Waals surface area contributed by atoms with Crippen molar-refractivity contribution in [3.8, 4) is 0 Å². The fourth-order valence-electron chi connectivity index (χ4n) is 3.23. The lowest BCUT2D eigenvalue weighted by molar-refractivity contribution is -0.153. The Bertz CT molecular complexity index is 460. The van der Waals surface area contributed by atoms with Gasteiger partial charge in [0, 0.05) is 13.3 Å². The zero-order valence-corrected chi connectivity index (χ0v) is 10.8. The molecule has 0 spiro atoms. The van der Waals surface area contributed by atoms with E-state index in [2.05, 4.69) is 11.1 Å². The first-order valence-corrected chi connectivity index (χ1v) is 6.80. The minimum absolute atomic E-state index is 0.0461. The van der Waals surface area contributed by atoms with Gasteiger partial charge in [0.15, 0.2) is 5.78 Å². The van der Waals surface area contributed by atoms with Crippen LogP contribution in [0.15, 0.2) is 18.3 Å². The van der Waals surface area contributed by atoms with Gasteiger partial charge in [0.05, 0.1) is 11.6 Å². The van der Waals surface area contributed by atoms with Crippen LogP contribution >= 0.6 is 0 Å². The Morgan fingerprint density at radius 1 is 1.44 bits per heavy atom. The highest BCUT2D eigenvalue weighted by Gasteiger charge is 2.48. The quantitative estimate of drug-likeness (QED) is 0.821. The highest BCUT2D eigenvalue weighted by Crippen LogP contribution is 2.42. The summed E-state index contributed by atoms with van der Waals surface area (Å²) in [5.41, 5.74) is 1.74. The third-order valence-electron chi connectivity index (χ3n) is 4.51. The Morgan fingerprint density at radius 3 is 2.94 bits per heavy atom. The highest BCUT2D eigenvalue weighted by atomic mass is 16.5. The van der Waals surface area contributed by atoms with Crippen LogP contribution in [-0.4, -0.2) is 23.5 Å². The molecule has 3 nitrogen and oxygen atoms in total. The number of aromatic nitrogens is 1. The summed E-state index contributed by atoms with van der Waals surface area (Å²) in [6.45, 7) is 0. The molecule has 1 aromatic heterocycles. The van der Waals surface area contributed by atoms with Crippen molar-refractivity contribution in [3.63, 3.8) is 0 Å². The van der Waals surface area contributed by atoms with E-state index in [-0.39, 0.29) is 11.7 Å². The molecule has 1 atom stereocenters. The molecule has 1 aromatic rings. The molecule has 0 amide bonds. The Labute approximate surface area is 108 Å². The van der Waals surface area contributed by atoms with E-state index in [1.807, 2.05) is 6.07 Å². The van der Waals surface area contributed by atoms with E-state index in [4.69, 9.17) is 4.74 Å². The van der Waals surface area contributed by atoms with Gasteiger partial charge in [-0.05, 0) is 50.2 Å². The van der Waals surface area contributed by atoms with Gasteiger partial charge in [-0.1, -0.05) is 6.07 Å². The summed E-state index contributed by atoms with van der Waals surface area (Å²) in [4.78, 5) is 17.2. The van der Waals surface area contributed by atoms with Crippen molar-refractivity contribution in [1.29, 1.82) is 0 Å². The maximum atomic E-state index is 12.7. The molecular formula is C15H19NO2. The monoisotopic (exact) mass is 245 g/mol. The van der Waals surface area contributed by atoms with Gasteiger partial charge in [-0.15, -0.1) is 0 Å². The van der Waals surface area contributed by atoms with Crippen molar-refractivity contribution in [2.24, 2.45) is 0 Å². The molecule has 0 aliphatic heterocycles. The van der Waals surface area contributed by atoms with Gasteiger partial charge in [-0.3, -0.25) is 9.78 Å². The zero-order valence-electron chi connectivity index (χ0n) is 10.8. The van der Waals surface area contributed by atoms with Crippen LogP contribution in [0.2, 0.25) is 0 Å². The number of ketones is 1. The van der Waals surface area contributed by atoms with Crippen LogP contribution in [0.5, 0.6) is 0 Å². The second-order valence-electron chi connectivity index (χ2n) is 5.41. The fourth-order valence-corrected chi connectivity index (χ4v) is 3.23. The molecule has 0 saturated heterocycles. The second-order valence-corrected chi connectivity index (χ2v) is 5.41. The molecule has 3 heteroatoms. The minimum atomic E-state index is -0.503. The summed E-state index contributed by atoms with van der Waals surface area (Å²) >= 11 is 0. The molecule has 1 saturated carbocycles. The van der Waals surface area contributed by atoms with E-state index in [0.29, 0.717) is 0 Å². The number of fused-ring (bicyclic) bond motifs is 1. The van der Waals surface area contributed by atoms with Gasteiger partial charge < -0.3 is 4.74 Å². The molecular weight excluding hydrogens is 226 g/mol. The molecule has 1 fully saturated rings. The summed E-state index contributed by atoms with van der Waals surface area (Å²) in [5, 5.41) is 0. The number of hydrogen-bond donors (Lipinski definition) is 0. The highest BCUT2D eigenvalue weighted by molar-refractivity contribution is 5.94. The molecule has 1 heterocycles. The van der Waals surface area contributed by atoms with Crippen LogP contribution in [0, 0.1) is 0 Å². The van der Waals surface area contributed by atoms with E-state index < -0.39 is 5.60 Å². The molecule has 2 aliphatic rings. The third-order valence-corrected chi connectivity index (χ3v) is 4.51. The first-order valence-electron chi connectivity index (χ1n) is 6.80. The maximum Gasteiger partial charge on any atom is 0.173 e. The number of methoxy groups -OCH3 is 1. The lowest BCUT2D eigenvalue weighted by atomic mass is 9.69. The molecule has 0 N–H and O–H groups in total. The molecule has 1 unspecified atom stereocenters. The first kappa shape index (κ1) is 11.8. The van der Waals surface area contributed by atoms with Crippen LogP contribution in [0.25, 0.3) is 0 Å². The van der Waals surface area contributed by atoms with E-state index in [1.54, 1.807) is 13.3 Å². The van der Waals surface area contributed by atoms with Gasteiger partial charge in [-0.25, -0.2) is 0 Å². The fraction of sp³-hybridized carbons (Fsp3) is 0.600. The number of carbonyl (C=O) groups is 1. The van der Waals surface area contributed by atoms with Crippen molar-refractivity contribution >= 4 is 5.78 Å². The molecule has 0 bridgehead atoms. The van der Waals surface area contributed by atoms with Crippen LogP contribution in [0.4, 0.5) is 0 Å². The van der Waals surface area contributed by atoms with E-state index in [0.717, 1.165) is 44.2 Å². The molecule has 0 aromatic carbocycles. The van der Waals surface area contributed by atoms with Crippen LogP contribution < -0.4 is 0 Å². The number of hydrogen-bond acceptors (Lipinski definition) is 3. The van der Waals surface area contributed by atoms with Gasteiger partial charge in [-0.2, -0.15) is 0 Å². The van der Waals surface area contributed by atoms with Crippen LogP contribution in [0.3, 0.4) is 0 Å². The summed E-state index contributed by atoms with van der Waals surface area (Å²) in [6.07, 6.45) is 7.70. The first-order chi connectivity index (χ1) is 8.77. The van der Waals surface area contributed by atoms with Crippen LogP contribution in [0.1, 0.15) is 49.3 Å². The third kappa shape index (κ3) is 1.69. The molecule has 0 radical (unpaired) electrons. The molecule has 96 valence electrons. The summed E-state index contributed by atoms with van der Waals surface area (Å²) in [5.74, 6) is 0.214. The van der Waals surface area contributed by atoms with Crippen LogP contribution in [-0.2, 0) is 16.0 Å². The van der Waals surface area contributed by atoms with Gasteiger partial charge in [0.25, 0.3) is 0 Å². The number of rotatable bonds is 3. The van der Waals surface area contributed by atoms with Gasteiger partial charge in [0.2, 0.25) is 0 Å². The topological polar surface area (TPSA) is 39.2 Å². The Kier molecular flexibility index (Phi) is 2.94. The minimum Gasteiger partial charge on any atom is -0.370 e. The number of aryl methyl sites for hydroxylation is 1. The molecule has 3 rings (SSSR count). The maximum absolute atomic E-state index is 12.7. The Morgan fingerprint density at radius 2 is 2.28 bits per heavy atom. The number of Topliss-reactive ketones (excluding diaryl/α,β-unsaturated/α-hetero) is 1. The standard InChI is InChI=1S/C15H19NO2/c1-18-15(8-4-9-15)14(17)12-7-2-5-11-6-3-10-16-13(11)12/h3,6,10,12H,2,4-5,7-9H2,1H3. The average molecular weight is 245 g/mol. The SMILES string of the molecule is COC1(C(=O)C2CCCc3cccnc32)CCC1. The summed E-state index contributed by atoms with van der Waals surface area (Å²) in [6, 6.07) is 4.06. The summed E-state index contributed by atoms with van der Waals surface area (Å²) in [7, 11) is 1.67. The molecule has 2 aliphatic carbocycles. The number of carbonyl (C=O) groups excluding carboxylic acids is 1. The Balaban J connectivity index is 1.92. The second kappa shape index (κ2) is 4.47. The largest absolute Gasteiger partial charge is 0.370 e. The van der Waals surface area contributed by atoms with E-state index in [9.17, 15) is 4.79 Å². The number of ether oxygens (including phenoxy) is 1. The summed E-state index contributed by atoms with van der Waals surface area (Å²) < 4.78 is 5.53. The zero-order chi connectivity index (χ0) is 12.6. The predicted molar refractivity (Wildman–Crippen MR) is 68.5 cm³/mol. The van der Waals surface area contributed by atoms with Crippen molar-refractivity contribution in [2.75, 3.05) is 7.11 Å².